The predicted octanol–water partition coefficient (Wildman–Crippen LogP) is 6.09. The molecule has 0 fully saturated rings. The minimum Gasteiger partial charge on any atom is -0.480 e. The van der Waals surface area contributed by atoms with Crippen LogP contribution < -0.4 is 14.9 Å². The Morgan fingerprint density at radius 2 is 1.46 bits per heavy atom. The van der Waals surface area contributed by atoms with E-state index < -0.39 is 46.0 Å². The number of halogens is 1. The van der Waals surface area contributed by atoms with Gasteiger partial charge in [-0.05, 0) is 53.4 Å². The molecule has 0 radical (unpaired) electrons. The number of anilines is 2. The number of alkyl carbamates (subject to hydrolysis) is 1. The first kappa shape index (κ1) is 35.9. The number of carbonyl (C=O) groups excluding carboxylic acids is 2. The van der Waals surface area contributed by atoms with Crippen molar-refractivity contribution in [3.8, 4) is 0 Å². The number of nitrogens with zero attached hydrogens (tertiary/aromatic N) is 1. The number of sulfonamides is 1. The first-order valence-corrected chi connectivity index (χ1v) is 16.8. The van der Waals surface area contributed by atoms with Gasteiger partial charge in [-0.1, -0.05) is 98.2 Å². The van der Waals surface area contributed by atoms with E-state index in [-0.39, 0.29) is 41.1 Å². The third-order valence-electron chi connectivity index (χ3n) is 7.08. The highest BCUT2D eigenvalue weighted by molar-refractivity contribution is 7.93. The van der Waals surface area contributed by atoms with Gasteiger partial charge in [0.25, 0.3) is 10.0 Å². The van der Waals surface area contributed by atoms with Crippen LogP contribution in [-0.4, -0.2) is 50.2 Å². The van der Waals surface area contributed by atoms with Crippen molar-refractivity contribution in [3.05, 3.63) is 125 Å². The lowest BCUT2D eigenvalue weighted by Crippen LogP contribution is -2.48. The summed E-state index contributed by atoms with van der Waals surface area (Å²) in [7, 11) is -4.51. The second-order valence-corrected chi connectivity index (χ2v) is 13.3. The van der Waals surface area contributed by atoms with Gasteiger partial charge in [-0.3, -0.25) is 9.10 Å². The molecule has 13 heteroatoms. The van der Waals surface area contributed by atoms with Crippen molar-refractivity contribution in [3.63, 3.8) is 0 Å². The van der Waals surface area contributed by atoms with E-state index in [0.29, 0.717) is 0 Å². The van der Waals surface area contributed by atoms with Crippen LogP contribution >= 0.6 is 11.6 Å². The normalized spacial score (nSPS) is 12.5. The van der Waals surface area contributed by atoms with E-state index in [1.807, 2.05) is 36.4 Å². The molecular formula is C35H36ClN3O8S. The minimum atomic E-state index is -4.51. The van der Waals surface area contributed by atoms with Crippen molar-refractivity contribution in [1.82, 2.24) is 5.32 Å². The van der Waals surface area contributed by atoms with E-state index >= 15 is 0 Å². The maximum atomic E-state index is 14.1. The van der Waals surface area contributed by atoms with Gasteiger partial charge in [-0.2, -0.15) is 0 Å². The molecule has 3 N–H and O–H groups in total. The second-order valence-electron chi connectivity index (χ2n) is 11.1. The fourth-order valence-corrected chi connectivity index (χ4v) is 6.72. The summed E-state index contributed by atoms with van der Waals surface area (Å²) in [4.78, 5) is 38.3. The van der Waals surface area contributed by atoms with Crippen LogP contribution in [-0.2, 0) is 42.3 Å². The van der Waals surface area contributed by atoms with Crippen LogP contribution in [0.3, 0.4) is 0 Å². The summed E-state index contributed by atoms with van der Waals surface area (Å²) < 4.78 is 40.0. The average molecular weight is 694 g/mol. The van der Waals surface area contributed by atoms with Crippen molar-refractivity contribution in [1.29, 1.82) is 0 Å². The fraction of sp³-hybridized carbons (Fsp3) is 0.229. The average Bonchev–Trinajstić information content (AvgIpc) is 3.06. The topological polar surface area (TPSA) is 151 Å². The lowest BCUT2D eigenvalue weighted by Gasteiger charge is -2.32. The molecule has 0 aromatic heterocycles. The van der Waals surface area contributed by atoms with Gasteiger partial charge in [0.1, 0.15) is 18.7 Å². The van der Waals surface area contributed by atoms with Crippen molar-refractivity contribution in [2.75, 3.05) is 16.2 Å². The van der Waals surface area contributed by atoms with Crippen LogP contribution in [0.5, 0.6) is 0 Å². The smallest absolute Gasteiger partial charge is 0.408 e. The number of carboxylic acid groups (broad SMARTS) is 1. The maximum absolute atomic E-state index is 14.1. The van der Waals surface area contributed by atoms with E-state index in [4.69, 9.17) is 21.1 Å². The molecule has 0 saturated carbocycles. The molecule has 0 bridgehead atoms. The molecule has 0 spiro atoms. The Bertz CT molecular complexity index is 1810. The maximum Gasteiger partial charge on any atom is 0.408 e. The zero-order valence-corrected chi connectivity index (χ0v) is 27.9. The van der Waals surface area contributed by atoms with E-state index in [1.54, 1.807) is 44.2 Å². The summed E-state index contributed by atoms with van der Waals surface area (Å²) in [6, 6.07) is 26.8. The molecule has 252 valence electrons. The van der Waals surface area contributed by atoms with E-state index in [1.165, 1.54) is 42.5 Å². The number of hydrogen-bond acceptors (Lipinski definition) is 7. The number of amides is 2. The molecule has 1 unspecified atom stereocenters. The van der Waals surface area contributed by atoms with Crippen LogP contribution in [0.15, 0.2) is 114 Å². The summed E-state index contributed by atoms with van der Waals surface area (Å²) in [5.41, 5.74) is 1.75. The third-order valence-corrected chi connectivity index (χ3v) is 9.12. The molecule has 0 aliphatic rings. The number of ether oxygens (including phenoxy) is 2. The van der Waals surface area contributed by atoms with Crippen molar-refractivity contribution in [2.24, 2.45) is 5.92 Å². The monoisotopic (exact) mass is 693 g/mol. The molecule has 2 amide bonds. The Hall–Kier alpha value is -4.91. The zero-order valence-electron chi connectivity index (χ0n) is 26.3. The molecule has 4 aromatic carbocycles. The molecule has 0 aliphatic carbocycles. The van der Waals surface area contributed by atoms with E-state index in [2.05, 4.69) is 10.6 Å². The molecule has 11 nitrogen and oxygen atoms in total. The molecule has 4 aromatic rings. The third kappa shape index (κ3) is 9.80. The second kappa shape index (κ2) is 16.8. The zero-order chi connectivity index (χ0) is 34.7. The van der Waals surface area contributed by atoms with E-state index in [9.17, 15) is 27.9 Å². The van der Waals surface area contributed by atoms with Gasteiger partial charge in [0, 0.05) is 10.7 Å². The van der Waals surface area contributed by atoms with Crippen molar-refractivity contribution >= 4 is 51.0 Å². The predicted molar refractivity (Wildman–Crippen MR) is 182 cm³/mol. The van der Waals surface area contributed by atoms with Crippen molar-refractivity contribution < 1.29 is 37.4 Å². The van der Waals surface area contributed by atoms with Crippen LogP contribution in [0.2, 0.25) is 5.02 Å². The van der Waals surface area contributed by atoms with Gasteiger partial charge in [0.2, 0.25) is 5.91 Å². The molecule has 2 atom stereocenters. The van der Waals surface area contributed by atoms with Gasteiger partial charge >= 0.3 is 12.1 Å². The highest BCUT2D eigenvalue weighted by atomic mass is 35.5. The summed E-state index contributed by atoms with van der Waals surface area (Å²) in [6.45, 7) is 3.11. The van der Waals surface area contributed by atoms with Gasteiger partial charge in [-0.25, -0.2) is 18.0 Å². The quantitative estimate of drug-likeness (QED) is 0.135. The number of benzene rings is 4. The Labute approximate surface area is 284 Å². The van der Waals surface area contributed by atoms with Gasteiger partial charge < -0.3 is 25.2 Å². The van der Waals surface area contributed by atoms with Gasteiger partial charge in [-0.15, -0.1) is 0 Å². The Kier molecular flexibility index (Phi) is 12.6. The summed E-state index contributed by atoms with van der Waals surface area (Å²) in [6.07, 6.45) is -0.857. The molecule has 48 heavy (non-hydrogen) atoms. The lowest BCUT2D eigenvalue weighted by molar-refractivity contribution is -0.139. The first-order valence-electron chi connectivity index (χ1n) is 15.0. The summed E-state index contributed by atoms with van der Waals surface area (Å²) in [5.74, 6) is -2.67. The summed E-state index contributed by atoms with van der Waals surface area (Å²) in [5, 5.41) is 15.4. The van der Waals surface area contributed by atoms with Crippen LogP contribution in [0.4, 0.5) is 16.2 Å². The number of hydrogen-bond donors (Lipinski definition) is 3. The molecule has 0 aliphatic heterocycles. The number of aliphatic carboxylic acids is 1. The molecule has 0 saturated heterocycles. The number of carbonyl (C=O) groups is 3. The van der Waals surface area contributed by atoms with E-state index in [0.717, 1.165) is 15.4 Å². The Morgan fingerprint density at radius 3 is 2.06 bits per heavy atom. The van der Waals surface area contributed by atoms with Gasteiger partial charge in [0.15, 0.2) is 0 Å². The molecule has 4 rings (SSSR count). The fourth-order valence-electron chi connectivity index (χ4n) is 4.75. The summed E-state index contributed by atoms with van der Waals surface area (Å²) >= 11 is 6.15. The first-order chi connectivity index (χ1) is 23.0. The largest absolute Gasteiger partial charge is 0.480 e. The standard InChI is InChI=1S/C35H36ClN3O8S/c1-24(2)32(34(41)42)39(29-17-9-15-27(36)19-29)48(44,45)30-18-10-16-28(20-30)37-33(40)31(23-46-21-25-11-5-3-6-12-25)38-35(43)47-22-26-13-7-4-8-14-26/h3-20,24,31-32H,21-23H2,1-2H3,(H,37,40)(H,38,43)(H,41,42)/t31-,32?/m1/s1. The van der Waals surface area contributed by atoms with Crippen LogP contribution in [0, 0.1) is 5.92 Å². The minimum absolute atomic E-state index is 0.0252. The number of rotatable bonds is 15. The molecule has 0 heterocycles. The SMILES string of the molecule is CC(C)C(C(=O)O)N(c1cccc(Cl)c1)S(=O)(=O)c1cccc(NC(=O)[C@@H](COCc2ccccc2)NC(=O)OCc2ccccc2)c1. The lowest BCUT2D eigenvalue weighted by atomic mass is 10.0. The van der Waals surface area contributed by atoms with Crippen LogP contribution in [0.1, 0.15) is 25.0 Å². The molecular weight excluding hydrogens is 658 g/mol. The Morgan fingerprint density at radius 1 is 0.833 bits per heavy atom. The number of carboxylic acids is 1. The highest BCUT2D eigenvalue weighted by Gasteiger charge is 2.38. The number of nitrogens with one attached hydrogen (secondary N) is 2. The van der Waals surface area contributed by atoms with Gasteiger partial charge in [0.05, 0.1) is 23.8 Å². The van der Waals surface area contributed by atoms with Crippen LogP contribution in [0.25, 0.3) is 0 Å². The van der Waals surface area contributed by atoms with Crippen molar-refractivity contribution in [2.45, 2.75) is 44.0 Å². The Balaban J connectivity index is 1.56. The highest BCUT2D eigenvalue weighted by Crippen LogP contribution is 2.32.